The van der Waals surface area contributed by atoms with Crippen LogP contribution in [0.25, 0.3) is 0 Å². The highest BCUT2D eigenvalue weighted by Gasteiger charge is 2.32. The van der Waals surface area contributed by atoms with Crippen LogP contribution >= 0.6 is 0 Å². The zero-order valence-electron chi connectivity index (χ0n) is 8.67. The van der Waals surface area contributed by atoms with Crippen molar-refractivity contribution in [3.63, 3.8) is 0 Å². The van der Waals surface area contributed by atoms with Gasteiger partial charge in [0.25, 0.3) is 0 Å². The lowest BCUT2D eigenvalue weighted by atomic mass is 9.86. The Morgan fingerprint density at radius 3 is 2.33 bits per heavy atom. The first-order chi connectivity index (χ1) is 5.40. The molecule has 0 unspecified atom stereocenters. The summed E-state index contributed by atoms with van der Waals surface area (Å²) in [6, 6.07) is 0.380. The summed E-state index contributed by atoms with van der Waals surface area (Å²) in [6.07, 6.45) is 1.93. The van der Waals surface area contributed by atoms with E-state index < -0.39 is 0 Å². The SMILES string of the molecule is CN1CC[C@H](O)[C@H]1CC(C)(C)C. The van der Waals surface area contributed by atoms with Gasteiger partial charge in [-0.3, -0.25) is 0 Å². The molecule has 0 aliphatic carbocycles. The largest absolute Gasteiger partial charge is 0.391 e. The molecule has 1 aliphatic heterocycles. The molecule has 0 bridgehead atoms. The third kappa shape index (κ3) is 2.46. The second-order valence-corrected chi connectivity index (χ2v) is 5.17. The maximum Gasteiger partial charge on any atom is 0.0707 e. The van der Waals surface area contributed by atoms with E-state index >= 15 is 0 Å². The van der Waals surface area contributed by atoms with E-state index in [1.807, 2.05) is 0 Å². The molecule has 1 fully saturated rings. The number of hydrogen-bond acceptors (Lipinski definition) is 2. The molecule has 0 amide bonds. The molecular formula is C10H21NO. The Kier molecular flexibility index (Phi) is 2.79. The molecule has 0 aromatic heterocycles. The van der Waals surface area contributed by atoms with Gasteiger partial charge in [0.15, 0.2) is 0 Å². The van der Waals surface area contributed by atoms with E-state index in [-0.39, 0.29) is 6.10 Å². The predicted octanol–water partition coefficient (Wildman–Crippen LogP) is 1.49. The van der Waals surface area contributed by atoms with Crippen LogP contribution in [0.4, 0.5) is 0 Å². The number of likely N-dealkylation sites (N-methyl/N-ethyl adjacent to an activating group) is 1. The maximum atomic E-state index is 9.68. The average molecular weight is 171 g/mol. The summed E-state index contributed by atoms with van der Waals surface area (Å²) in [7, 11) is 2.10. The molecular weight excluding hydrogens is 150 g/mol. The molecule has 0 saturated carbocycles. The number of aliphatic hydroxyl groups is 1. The Morgan fingerprint density at radius 2 is 2.00 bits per heavy atom. The minimum Gasteiger partial charge on any atom is -0.391 e. The molecule has 1 N–H and O–H groups in total. The van der Waals surface area contributed by atoms with E-state index in [9.17, 15) is 5.11 Å². The van der Waals surface area contributed by atoms with Crippen molar-refractivity contribution in [2.45, 2.75) is 45.8 Å². The quantitative estimate of drug-likeness (QED) is 0.646. The van der Waals surface area contributed by atoms with Gasteiger partial charge in [0, 0.05) is 12.6 Å². The van der Waals surface area contributed by atoms with Crippen molar-refractivity contribution in [2.75, 3.05) is 13.6 Å². The van der Waals surface area contributed by atoms with E-state index in [1.165, 1.54) is 0 Å². The predicted molar refractivity (Wildman–Crippen MR) is 51.1 cm³/mol. The summed E-state index contributed by atoms with van der Waals surface area (Å²) in [5.74, 6) is 0. The van der Waals surface area contributed by atoms with Crippen LogP contribution in [0.1, 0.15) is 33.6 Å². The van der Waals surface area contributed by atoms with Crippen LogP contribution in [0.5, 0.6) is 0 Å². The monoisotopic (exact) mass is 171 g/mol. The highest BCUT2D eigenvalue weighted by Crippen LogP contribution is 2.28. The molecule has 1 saturated heterocycles. The number of likely N-dealkylation sites (tertiary alicyclic amines) is 1. The summed E-state index contributed by atoms with van der Waals surface area (Å²) in [4.78, 5) is 2.27. The van der Waals surface area contributed by atoms with E-state index in [2.05, 4.69) is 32.7 Å². The summed E-state index contributed by atoms with van der Waals surface area (Å²) >= 11 is 0. The molecule has 72 valence electrons. The first kappa shape index (κ1) is 10.0. The zero-order chi connectivity index (χ0) is 9.35. The molecule has 0 aromatic rings. The Labute approximate surface area is 75.6 Å². The first-order valence-corrected chi connectivity index (χ1v) is 4.78. The lowest BCUT2D eigenvalue weighted by Crippen LogP contribution is -2.35. The number of aliphatic hydroxyl groups excluding tert-OH is 1. The van der Waals surface area contributed by atoms with Crippen molar-refractivity contribution in [1.82, 2.24) is 4.90 Å². The van der Waals surface area contributed by atoms with Crippen LogP contribution in [0.3, 0.4) is 0 Å². The molecule has 0 aromatic carbocycles. The molecule has 2 nitrogen and oxygen atoms in total. The Bertz CT molecular complexity index is 140. The molecule has 1 aliphatic rings. The fourth-order valence-electron chi connectivity index (χ4n) is 1.91. The highest BCUT2D eigenvalue weighted by atomic mass is 16.3. The van der Waals surface area contributed by atoms with Crippen molar-refractivity contribution in [2.24, 2.45) is 5.41 Å². The van der Waals surface area contributed by atoms with Gasteiger partial charge in [0.1, 0.15) is 0 Å². The molecule has 0 radical (unpaired) electrons. The van der Waals surface area contributed by atoms with Crippen LogP contribution in [-0.2, 0) is 0 Å². The van der Waals surface area contributed by atoms with Gasteiger partial charge in [-0.25, -0.2) is 0 Å². The second kappa shape index (κ2) is 3.35. The van der Waals surface area contributed by atoms with Crippen molar-refractivity contribution in [1.29, 1.82) is 0 Å². The van der Waals surface area contributed by atoms with Gasteiger partial charge in [0.05, 0.1) is 6.10 Å². The average Bonchev–Trinajstić information content (AvgIpc) is 2.16. The Morgan fingerprint density at radius 1 is 1.42 bits per heavy atom. The van der Waals surface area contributed by atoms with Crippen molar-refractivity contribution >= 4 is 0 Å². The van der Waals surface area contributed by atoms with Gasteiger partial charge < -0.3 is 10.0 Å². The van der Waals surface area contributed by atoms with Crippen LogP contribution in [0.15, 0.2) is 0 Å². The highest BCUT2D eigenvalue weighted by molar-refractivity contribution is 4.87. The van der Waals surface area contributed by atoms with E-state index in [0.717, 1.165) is 19.4 Å². The van der Waals surface area contributed by atoms with Crippen LogP contribution in [-0.4, -0.2) is 35.7 Å². The van der Waals surface area contributed by atoms with E-state index in [0.29, 0.717) is 11.5 Å². The van der Waals surface area contributed by atoms with Gasteiger partial charge in [0.2, 0.25) is 0 Å². The summed E-state index contributed by atoms with van der Waals surface area (Å²) in [5, 5.41) is 9.68. The lowest BCUT2D eigenvalue weighted by molar-refractivity contribution is 0.0977. The topological polar surface area (TPSA) is 23.5 Å². The molecule has 12 heavy (non-hydrogen) atoms. The standard InChI is InChI=1S/C10H21NO/c1-10(2,3)7-8-9(12)5-6-11(8)4/h8-9,12H,5-7H2,1-4H3/t8-,9+/m1/s1. The Hall–Kier alpha value is -0.0800. The van der Waals surface area contributed by atoms with Gasteiger partial charge in [-0.2, -0.15) is 0 Å². The van der Waals surface area contributed by atoms with Crippen LogP contribution in [0.2, 0.25) is 0 Å². The second-order valence-electron chi connectivity index (χ2n) is 5.17. The van der Waals surface area contributed by atoms with Gasteiger partial charge in [-0.1, -0.05) is 20.8 Å². The zero-order valence-corrected chi connectivity index (χ0v) is 8.67. The fourth-order valence-corrected chi connectivity index (χ4v) is 1.91. The fraction of sp³-hybridized carbons (Fsp3) is 1.00. The third-order valence-corrected chi connectivity index (χ3v) is 2.61. The minimum atomic E-state index is -0.103. The lowest BCUT2D eigenvalue weighted by Gasteiger charge is -2.29. The van der Waals surface area contributed by atoms with Gasteiger partial charge in [-0.05, 0) is 25.3 Å². The van der Waals surface area contributed by atoms with Gasteiger partial charge >= 0.3 is 0 Å². The van der Waals surface area contributed by atoms with Gasteiger partial charge in [-0.15, -0.1) is 0 Å². The number of nitrogens with zero attached hydrogens (tertiary/aromatic N) is 1. The Balaban J connectivity index is 2.50. The van der Waals surface area contributed by atoms with Crippen LogP contribution in [0, 0.1) is 5.41 Å². The van der Waals surface area contributed by atoms with Crippen molar-refractivity contribution in [3.05, 3.63) is 0 Å². The number of hydrogen-bond donors (Lipinski definition) is 1. The molecule has 2 atom stereocenters. The summed E-state index contributed by atoms with van der Waals surface area (Å²) in [5.41, 5.74) is 0.324. The van der Waals surface area contributed by atoms with Crippen molar-refractivity contribution in [3.8, 4) is 0 Å². The van der Waals surface area contributed by atoms with Crippen LogP contribution < -0.4 is 0 Å². The maximum absolute atomic E-state index is 9.68. The number of rotatable bonds is 1. The summed E-state index contributed by atoms with van der Waals surface area (Å²) in [6.45, 7) is 7.73. The minimum absolute atomic E-state index is 0.103. The first-order valence-electron chi connectivity index (χ1n) is 4.78. The smallest absolute Gasteiger partial charge is 0.0707 e. The molecule has 0 spiro atoms. The van der Waals surface area contributed by atoms with E-state index in [4.69, 9.17) is 0 Å². The summed E-state index contributed by atoms with van der Waals surface area (Å²) < 4.78 is 0. The van der Waals surface area contributed by atoms with Crippen molar-refractivity contribution < 1.29 is 5.11 Å². The third-order valence-electron chi connectivity index (χ3n) is 2.61. The molecule has 2 heteroatoms. The van der Waals surface area contributed by atoms with E-state index in [1.54, 1.807) is 0 Å². The normalized spacial score (nSPS) is 32.8. The molecule has 1 heterocycles. The molecule has 1 rings (SSSR count).